The van der Waals surface area contributed by atoms with Crippen LogP contribution in [0.5, 0.6) is 0 Å². The molecule has 2 aromatic heterocycles. The molecule has 0 unspecified atom stereocenters. The molecule has 0 aliphatic heterocycles. The van der Waals surface area contributed by atoms with E-state index in [9.17, 15) is 0 Å². The summed E-state index contributed by atoms with van der Waals surface area (Å²) < 4.78 is 0. The van der Waals surface area contributed by atoms with Crippen LogP contribution in [0.15, 0.2) is 218 Å². The van der Waals surface area contributed by atoms with Crippen LogP contribution < -0.4 is 0 Å². The minimum Gasteiger partial charge on any atom is -0.213 e. The molecule has 0 bridgehead atoms. The Hall–Kier alpha value is -8.22. The van der Waals surface area contributed by atoms with Gasteiger partial charge in [-0.15, -0.1) is 0 Å². The van der Waals surface area contributed by atoms with E-state index in [1.54, 1.807) is 0 Å². The summed E-state index contributed by atoms with van der Waals surface area (Å²) in [5, 5.41) is 0. The Morgan fingerprint density at radius 3 is 0.871 bits per heavy atom. The first kappa shape index (κ1) is 39.3. The summed E-state index contributed by atoms with van der Waals surface area (Å²) in [5.41, 5.74) is 13.2. The number of aromatic nitrogens is 6. The van der Waals surface area contributed by atoms with Crippen molar-refractivity contribution in [1.29, 1.82) is 0 Å². The molecule has 10 aromatic rings. The molecule has 6 heteroatoms. The fourth-order valence-corrected chi connectivity index (χ4v) is 7.33. The van der Waals surface area contributed by atoms with Gasteiger partial charge >= 0.3 is 0 Å². The Balaban J connectivity index is 0.000000158. The van der Waals surface area contributed by atoms with Crippen LogP contribution in [0.25, 0.3) is 90.1 Å². The van der Waals surface area contributed by atoms with Crippen molar-refractivity contribution < 1.29 is 0 Å². The Kier molecular flexibility index (Phi) is 11.6. The smallest absolute Gasteiger partial charge is 0.163 e. The summed E-state index contributed by atoms with van der Waals surface area (Å²) in [6.45, 7) is 3.82. The highest BCUT2D eigenvalue weighted by atomic mass is 15.0. The Bertz CT molecular complexity index is 2990. The molecule has 0 saturated heterocycles. The fourth-order valence-electron chi connectivity index (χ4n) is 7.33. The van der Waals surface area contributed by atoms with Gasteiger partial charge in [0.05, 0.1) is 0 Å². The Labute approximate surface area is 362 Å². The summed E-state index contributed by atoms with van der Waals surface area (Å²) in [5.74, 6) is 4.17. The van der Waals surface area contributed by atoms with Crippen LogP contribution in [0.4, 0.5) is 0 Å². The number of benzene rings is 8. The highest BCUT2D eigenvalue weighted by Crippen LogP contribution is 2.33. The monoisotopic (exact) mass is 798 g/mol. The van der Waals surface area contributed by atoms with E-state index < -0.39 is 0 Å². The number of aryl methyl sites for hydroxylation is 2. The van der Waals surface area contributed by atoms with Crippen LogP contribution >= 0.6 is 0 Å². The van der Waals surface area contributed by atoms with Gasteiger partial charge < -0.3 is 0 Å². The zero-order valence-corrected chi connectivity index (χ0v) is 34.5. The highest BCUT2D eigenvalue weighted by molar-refractivity contribution is 5.80. The van der Waals surface area contributed by atoms with Crippen molar-refractivity contribution in [3.05, 3.63) is 230 Å². The van der Waals surface area contributed by atoms with Crippen molar-refractivity contribution in [2.24, 2.45) is 0 Å². The molecule has 0 aliphatic carbocycles. The van der Waals surface area contributed by atoms with Gasteiger partial charge in [0.25, 0.3) is 0 Å². The molecule has 0 aliphatic rings. The lowest BCUT2D eigenvalue weighted by molar-refractivity contribution is 0.991. The third-order valence-electron chi connectivity index (χ3n) is 10.4. The SMILES string of the molecule is Cc1nc(-c2ccccc2)nc(-c2cc(-c3ccccc3)cc(-c3ccccc3)c2)n1.Cc1nc(-c2ccccc2)nc(-c2cccc(-c3ccc(-c4ccccc4)cc3)c2)n1. The zero-order valence-electron chi connectivity index (χ0n) is 34.5. The van der Waals surface area contributed by atoms with E-state index in [0.717, 1.165) is 55.6 Å². The molecule has 0 amide bonds. The summed E-state index contributed by atoms with van der Waals surface area (Å²) in [4.78, 5) is 27.9. The molecule has 0 spiro atoms. The zero-order chi connectivity index (χ0) is 42.1. The van der Waals surface area contributed by atoms with Crippen LogP contribution in [0, 0.1) is 13.8 Å². The van der Waals surface area contributed by atoms with Crippen molar-refractivity contribution in [2.45, 2.75) is 13.8 Å². The molecule has 296 valence electrons. The van der Waals surface area contributed by atoms with Gasteiger partial charge in [-0.3, -0.25) is 0 Å². The van der Waals surface area contributed by atoms with Crippen molar-refractivity contribution in [1.82, 2.24) is 29.9 Å². The quantitative estimate of drug-likeness (QED) is 0.152. The minimum atomic E-state index is 0.682. The maximum atomic E-state index is 4.82. The van der Waals surface area contributed by atoms with Crippen LogP contribution in [-0.4, -0.2) is 29.9 Å². The number of hydrogen-bond donors (Lipinski definition) is 0. The molecule has 62 heavy (non-hydrogen) atoms. The maximum Gasteiger partial charge on any atom is 0.163 e. The minimum absolute atomic E-state index is 0.682. The molecule has 6 nitrogen and oxygen atoms in total. The third kappa shape index (κ3) is 9.31. The lowest BCUT2D eigenvalue weighted by Gasteiger charge is -2.11. The second-order valence-electron chi connectivity index (χ2n) is 14.8. The van der Waals surface area contributed by atoms with Crippen LogP contribution in [0.1, 0.15) is 11.6 Å². The van der Waals surface area contributed by atoms with Crippen LogP contribution in [0.3, 0.4) is 0 Å². The lowest BCUT2D eigenvalue weighted by Crippen LogP contribution is -2.00. The van der Waals surface area contributed by atoms with Gasteiger partial charge in [-0.25, -0.2) is 29.9 Å². The molecule has 0 N–H and O–H groups in total. The second-order valence-corrected chi connectivity index (χ2v) is 14.8. The van der Waals surface area contributed by atoms with Crippen molar-refractivity contribution in [3.8, 4) is 90.1 Å². The largest absolute Gasteiger partial charge is 0.213 e. The standard InChI is InChI=1S/2C28H21N3/c1-20-29-27(23-15-9-4-10-16-23)31-28(30-20)26-18-24(21-11-5-2-6-12-21)17-25(19-26)22-13-7-3-8-14-22;1-20-29-27(24-11-6-3-7-12-24)31-28(30-20)26-14-8-13-25(19-26)23-17-15-22(16-18-23)21-9-4-2-5-10-21/h2*2-19H,1H3. The van der Waals surface area contributed by atoms with E-state index >= 15 is 0 Å². The highest BCUT2D eigenvalue weighted by Gasteiger charge is 2.13. The molecule has 0 saturated carbocycles. The van der Waals surface area contributed by atoms with E-state index in [-0.39, 0.29) is 0 Å². The topological polar surface area (TPSA) is 77.3 Å². The Morgan fingerprint density at radius 1 is 0.194 bits per heavy atom. The molecule has 10 rings (SSSR count). The van der Waals surface area contributed by atoms with Crippen molar-refractivity contribution in [2.75, 3.05) is 0 Å². The molecule has 0 atom stereocenters. The molecule has 0 radical (unpaired) electrons. The number of nitrogens with zero attached hydrogens (tertiary/aromatic N) is 6. The normalized spacial score (nSPS) is 10.7. The van der Waals surface area contributed by atoms with Gasteiger partial charge in [-0.05, 0) is 82.6 Å². The fraction of sp³-hybridized carbons (Fsp3) is 0.0357. The average Bonchev–Trinajstić information content (AvgIpc) is 3.35. The van der Waals surface area contributed by atoms with E-state index in [4.69, 9.17) is 9.97 Å². The molecule has 2 heterocycles. The predicted molar refractivity (Wildman–Crippen MR) is 253 cm³/mol. The van der Waals surface area contributed by atoms with Crippen LogP contribution in [-0.2, 0) is 0 Å². The van der Waals surface area contributed by atoms with E-state index in [1.807, 2.05) is 98.8 Å². The first-order valence-electron chi connectivity index (χ1n) is 20.6. The van der Waals surface area contributed by atoms with Gasteiger partial charge in [0.15, 0.2) is 23.3 Å². The van der Waals surface area contributed by atoms with Crippen molar-refractivity contribution >= 4 is 0 Å². The summed E-state index contributed by atoms with van der Waals surface area (Å²) in [6.07, 6.45) is 0. The van der Waals surface area contributed by atoms with Gasteiger partial charge in [0.2, 0.25) is 0 Å². The first-order chi connectivity index (χ1) is 30.5. The maximum absolute atomic E-state index is 4.82. The van der Waals surface area contributed by atoms with E-state index in [1.165, 1.54) is 11.1 Å². The number of hydrogen-bond acceptors (Lipinski definition) is 6. The second kappa shape index (κ2) is 18.4. The summed E-state index contributed by atoms with van der Waals surface area (Å²) >= 11 is 0. The van der Waals surface area contributed by atoms with Gasteiger partial charge in [0, 0.05) is 22.3 Å². The van der Waals surface area contributed by atoms with Gasteiger partial charge in [-0.1, -0.05) is 194 Å². The lowest BCUT2D eigenvalue weighted by atomic mass is 9.96. The van der Waals surface area contributed by atoms with Crippen LogP contribution in [0.2, 0.25) is 0 Å². The first-order valence-corrected chi connectivity index (χ1v) is 20.6. The molecular formula is C56H42N6. The average molecular weight is 799 g/mol. The van der Waals surface area contributed by atoms with Gasteiger partial charge in [-0.2, -0.15) is 0 Å². The summed E-state index contributed by atoms with van der Waals surface area (Å²) in [6, 6.07) is 74.8. The van der Waals surface area contributed by atoms with E-state index in [2.05, 4.69) is 153 Å². The Morgan fingerprint density at radius 2 is 0.452 bits per heavy atom. The van der Waals surface area contributed by atoms with Gasteiger partial charge in [0.1, 0.15) is 11.6 Å². The number of rotatable bonds is 8. The van der Waals surface area contributed by atoms with E-state index in [0.29, 0.717) is 34.9 Å². The molecule has 8 aromatic carbocycles. The molecule has 0 fully saturated rings. The predicted octanol–water partition coefficient (Wildman–Crippen LogP) is 13.7. The summed E-state index contributed by atoms with van der Waals surface area (Å²) in [7, 11) is 0. The molecular weight excluding hydrogens is 757 g/mol. The van der Waals surface area contributed by atoms with Crippen molar-refractivity contribution in [3.63, 3.8) is 0 Å². The third-order valence-corrected chi connectivity index (χ3v) is 10.4.